The van der Waals surface area contributed by atoms with Gasteiger partial charge in [-0.25, -0.2) is 10.4 Å². The summed E-state index contributed by atoms with van der Waals surface area (Å²) < 4.78 is 5.22. The lowest BCUT2D eigenvalue weighted by molar-refractivity contribution is 0.0950. The van der Waals surface area contributed by atoms with Crippen molar-refractivity contribution in [3.8, 4) is 5.75 Å². The van der Waals surface area contributed by atoms with Crippen molar-refractivity contribution in [3.63, 3.8) is 0 Å². The lowest BCUT2D eigenvalue weighted by Gasteiger charge is -2.07. The first-order valence-corrected chi connectivity index (χ1v) is 8.02. The van der Waals surface area contributed by atoms with Crippen molar-refractivity contribution in [2.75, 3.05) is 12.8 Å². The summed E-state index contributed by atoms with van der Waals surface area (Å²) in [6.45, 7) is 0. The molecule has 0 bridgehead atoms. The topological polar surface area (TPSA) is 89.6 Å². The molecule has 0 saturated heterocycles. The normalized spacial score (nSPS) is 11.2. The maximum Gasteiger partial charge on any atom is 0.291 e. The van der Waals surface area contributed by atoms with Crippen molar-refractivity contribution >= 4 is 58.7 Å². The lowest BCUT2D eigenvalue weighted by Crippen LogP contribution is -2.20. The zero-order valence-electron chi connectivity index (χ0n) is 13.0. The number of para-hydroxylation sites is 1. The molecule has 0 radical (unpaired) electrons. The molecule has 1 amide bonds. The van der Waals surface area contributed by atoms with Crippen molar-refractivity contribution in [3.05, 3.63) is 56.8 Å². The molecule has 1 aromatic carbocycles. The number of hydrogen-bond donors (Lipinski definition) is 2. The van der Waals surface area contributed by atoms with Gasteiger partial charge >= 0.3 is 0 Å². The number of methoxy groups -OCH3 is 1. The van der Waals surface area contributed by atoms with Crippen LogP contribution in [0, 0.1) is 0 Å². The summed E-state index contributed by atoms with van der Waals surface area (Å²) in [6.07, 6.45) is 4.80. The van der Waals surface area contributed by atoms with Gasteiger partial charge in [-0.15, -0.1) is 0 Å². The summed E-state index contributed by atoms with van der Waals surface area (Å²) in [7, 11) is 1.58. The number of halogens is 3. The Kier molecular flexibility index (Phi) is 6.64. The monoisotopic (exact) mass is 398 g/mol. The van der Waals surface area contributed by atoms with Gasteiger partial charge in [0.1, 0.15) is 10.8 Å². The van der Waals surface area contributed by atoms with Crippen LogP contribution in [0.2, 0.25) is 15.2 Å². The van der Waals surface area contributed by atoms with Crippen LogP contribution in [0.4, 0.5) is 5.69 Å². The second-order valence-corrected chi connectivity index (χ2v) is 5.73. The van der Waals surface area contributed by atoms with Crippen molar-refractivity contribution < 1.29 is 9.53 Å². The van der Waals surface area contributed by atoms with Crippen LogP contribution in [0.3, 0.4) is 0 Å². The number of amides is 1. The molecule has 2 aromatic rings. The molecule has 0 fully saturated rings. The van der Waals surface area contributed by atoms with E-state index < -0.39 is 5.91 Å². The molecule has 0 aliphatic rings. The molecule has 9 heteroatoms. The number of nitrogens with one attached hydrogen (secondary N) is 1. The Hall–Kier alpha value is -2.28. The number of hydrogen-bond acceptors (Lipinski definition) is 5. The molecule has 25 heavy (non-hydrogen) atoms. The van der Waals surface area contributed by atoms with Crippen LogP contribution in [-0.4, -0.2) is 24.2 Å². The summed E-state index contributed by atoms with van der Waals surface area (Å²) in [6, 6.07) is 7.46. The second-order valence-electron chi connectivity index (χ2n) is 4.61. The number of carbonyl (C=O) groups is 1. The van der Waals surface area contributed by atoms with E-state index in [1.807, 2.05) is 24.3 Å². The standard InChI is InChI=1S/C16H13Cl3N4O2/c1-25-10-7-3-2-5-9(10)6-4-8-21-23-16(24)14-11(17)13(20)12(18)15(19)22-14/h2-8H,1H3,(H2,20,22)(H,23,24)/b6-4-,21-8?. The Labute approximate surface area is 159 Å². The van der Waals surface area contributed by atoms with Crippen molar-refractivity contribution in [2.24, 2.45) is 5.10 Å². The number of ether oxygens (including phenoxy) is 1. The largest absolute Gasteiger partial charge is 0.496 e. The van der Waals surface area contributed by atoms with E-state index in [0.29, 0.717) is 0 Å². The van der Waals surface area contributed by atoms with E-state index in [0.717, 1.165) is 11.3 Å². The van der Waals surface area contributed by atoms with E-state index in [1.54, 1.807) is 19.3 Å². The number of allylic oxidation sites excluding steroid dienone is 1. The molecule has 2 rings (SSSR count). The first kappa shape index (κ1) is 19.1. The van der Waals surface area contributed by atoms with E-state index in [-0.39, 0.29) is 26.6 Å². The van der Waals surface area contributed by atoms with Crippen LogP contribution in [0.15, 0.2) is 35.4 Å². The fraction of sp³-hybridized carbons (Fsp3) is 0.0625. The molecule has 0 saturated carbocycles. The van der Waals surface area contributed by atoms with Gasteiger partial charge in [0.15, 0.2) is 10.8 Å². The highest BCUT2D eigenvalue weighted by molar-refractivity contribution is 6.46. The van der Waals surface area contributed by atoms with Gasteiger partial charge < -0.3 is 10.5 Å². The first-order chi connectivity index (χ1) is 12.0. The number of aromatic nitrogens is 1. The number of nitrogens with zero attached hydrogens (tertiary/aromatic N) is 2. The number of carbonyl (C=O) groups excluding carboxylic acids is 1. The zero-order chi connectivity index (χ0) is 18.4. The third-order valence-electron chi connectivity index (χ3n) is 3.03. The van der Waals surface area contributed by atoms with Crippen molar-refractivity contribution in [2.45, 2.75) is 0 Å². The Morgan fingerprint density at radius 3 is 2.72 bits per heavy atom. The Morgan fingerprint density at radius 1 is 1.28 bits per heavy atom. The fourth-order valence-electron chi connectivity index (χ4n) is 1.82. The minimum atomic E-state index is -0.669. The summed E-state index contributed by atoms with van der Waals surface area (Å²) in [4.78, 5) is 15.8. The number of hydrazone groups is 1. The number of nitrogen functional groups attached to an aromatic ring is 1. The van der Waals surface area contributed by atoms with Crippen LogP contribution in [0.5, 0.6) is 5.75 Å². The van der Waals surface area contributed by atoms with E-state index >= 15 is 0 Å². The quantitative estimate of drug-likeness (QED) is 0.451. The molecular weight excluding hydrogens is 387 g/mol. The van der Waals surface area contributed by atoms with Gasteiger partial charge in [0.25, 0.3) is 5.91 Å². The van der Waals surface area contributed by atoms with Gasteiger partial charge in [-0.05, 0) is 18.2 Å². The molecular formula is C16H13Cl3N4O2. The lowest BCUT2D eigenvalue weighted by atomic mass is 10.2. The molecule has 130 valence electrons. The van der Waals surface area contributed by atoms with Gasteiger partial charge in [0.05, 0.1) is 17.8 Å². The van der Waals surface area contributed by atoms with E-state index in [2.05, 4.69) is 15.5 Å². The summed E-state index contributed by atoms with van der Waals surface area (Å²) in [5, 5.41) is 3.56. The van der Waals surface area contributed by atoms with E-state index in [1.165, 1.54) is 6.21 Å². The first-order valence-electron chi connectivity index (χ1n) is 6.88. The van der Waals surface area contributed by atoms with Gasteiger partial charge in [-0.3, -0.25) is 4.79 Å². The maximum absolute atomic E-state index is 12.0. The highest BCUT2D eigenvalue weighted by Crippen LogP contribution is 2.34. The number of rotatable bonds is 5. The average Bonchev–Trinajstić information content (AvgIpc) is 2.62. The van der Waals surface area contributed by atoms with Crippen LogP contribution in [0.1, 0.15) is 16.1 Å². The average molecular weight is 400 g/mol. The van der Waals surface area contributed by atoms with Crippen LogP contribution in [0.25, 0.3) is 6.08 Å². The maximum atomic E-state index is 12.0. The van der Waals surface area contributed by atoms with Crippen LogP contribution < -0.4 is 15.9 Å². The molecule has 6 nitrogen and oxygen atoms in total. The number of anilines is 1. The number of pyridine rings is 1. The van der Waals surface area contributed by atoms with Crippen molar-refractivity contribution in [1.29, 1.82) is 0 Å². The Bertz CT molecular complexity index is 854. The predicted molar refractivity (Wildman–Crippen MR) is 102 cm³/mol. The molecule has 0 unspecified atom stereocenters. The van der Waals surface area contributed by atoms with E-state index in [9.17, 15) is 4.79 Å². The fourth-order valence-corrected chi connectivity index (χ4v) is 2.42. The third-order valence-corrected chi connectivity index (χ3v) is 4.16. The van der Waals surface area contributed by atoms with Crippen LogP contribution in [-0.2, 0) is 0 Å². The summed E-state index contributed by atoms with van der Waals surface area (Å²) in [5.74, 6) is 0.0515. The molecule has 3 N–H and O–H groups in total. The number of benzene rings is 1. The highest BCUT2D eigenvalue weighted by atomic mass is 35.5. The Morgan fingerprint density at radius 2 is 2.00 bits per heavy atom. The summed E-state index contributed by atoms with van der Waals surface area (Å²) >= 11 is 17.5. The predicted octanol–water partition coefficient (Wildman–Crippen LogP) is 4.06. The molecule has 0 atom stereocenters. The molecule has 0 aliphatic carbocycles. The zero-order valence-corrected chi connectivity index (χ0v) is 15.2. The molecule has 1 aromatic heterocycles. The highest BCUT2D eigenvalue weighted by Gasteiger charge is 2.19. The van der Waals surface area contributed by atoms with E-state index in [4.69, 9.17) is 45.3 Å². The number of nitrogens with two attached hydrogens (primary N) is 1. The minimum absolute atomic E-state index is 0.00791. The van der Waals surface area contributed by atoms with Crippen LogP contribution >= 0.6 is 34.8 Å². The van der Waals surface area contributed by atoms with Gasteiger partial charge in [-0.2, -0.15) is 5.10 Å². The molecule has 0 aliphatic heterocycles. The SMILES string of the molecule is COc1ccccc1/C=C\C=NNC(=O)c1nc(Cl)c(Cl)c(N)c1Cl. The van der Waals surface area contributed by atoms with Gasteiger partial charge in [0, 0.05) is 11.8 Å². The summed E-state index contributed by atoms with van der Waals surface area (Å²) in [5.41, 5.74) is 8.61. The third kappa shape index (κ3) is 4.63. The molecule has 0 spiro atoms. The van der Waals surface area contributed by atoms with Gasteiger partial charge in [0.2, 0.25) is 0 Å². The molecule has 1 heterocycles. The Balaban J connectivity index is 2.05. The van der Waals surface area contributed by atoms with Crippen molar-refractivity contribution in [1.82, 2.24) is 10.4 Å². The van der Waals surface area contributed by atoms with Gasteiger partial charge in [-0.1, -0.05) is 53.0 Å². The minimum Gasteiger partial charge on any atom is -0.496 e. The second kappa shape index (κ2) is 8.71. The smallest absolute Gasteiger partial charge is 0.291 e.